The molecule has 0 unspecified atom stereocenters. The Kier molecular flexibility index (Phi) is 3.08. The van der Waals surface area contributed by atoms with Crippen molar-refractivity contribution < 1.29 is 9.59 Å². The van der Waals surface area contributed by atoms with Crippen LogP contribution in [0.2, 0.25) is 13.1 Å². The van der Waals surface area contributed by atoms with Crippen LogP contribution in [0, 0.1) is 0 Å². The summed E-state index contributed by atoms with van der Waals surface area (Å²) in [5.74, 6) is -0.284. The van der Waals surface area contributed by atoms with Gasteiger partial charge in [0.05, 0.1) is 11.1 Å². The minimum atomic E-state index is -0.142. The predicted octanol–water partition coefficient (Wildman–Crippen LogP) is 1.58. The minimum Gasteiger partial charge on any atom is -0.274 e. The number of benzene rings is 1. The van der Waals surface area contributed by atoms with Gasteiger partial charge in [-0.1, -0.05) is 25.3 Å². The highest BCUT2D eigenvalue weighted by Gasteiger charge is 2.34. The highest BCUT2D eigenvalue weighted by atomic mass is 16.2. The summed E-state index contributed by atoms with van der Waals surface area (Å²) in [5.41, 5.74) is 1.09. The molecule has 2 amide bonds. The van der Waals surface area contributed by atoms with Gasteiger partial charge in [-0.15, -0.1) is 0 Å². The van der Waals surface area contributed by atoms with Gasteiger partial charge in [0.25, 0.3) is 11.8 Å². The summed E-state index contributed by atoms with van der Waals surface area (Å²) in [6.07, 6.45) is 1.94. The fraction of sp³-hybridized carbons (Fsp3) is 0.333. The third-order valence-corrected chi connectivity index (χ3v) is 2.86. The molecule has 3 nitrogen and oxygen atoms in total. The first kappa shape index (κ1) is 10.9. The standard InChI is InChI=1S/C12H14BNO2/c1-13-7-4-8-14-11(15)9-5-2-3-6-10(9)12(14)16/h2-3,5-6,13H,4,7-8H2,1H3. The van der Waals surface area contributed by atoms with Crippen LogP contribution in [0.15, 0.2) is 24.3 Å². The van der Waals surface area contributed by atoms with E-state index in [-0.39, 0.29) is 11.8 Å². The lowest BCUT2D eigenvalue weighted by atomic mass is 9.77. The Morgan fingerprint density at radius 3 is 2.19 bits per heavy atom. The molecule has 0 saturated carbocycles. The lowest BCUT2D eigenvalue weighted by Crippen LogP contribution is -2.30. The third-order valence-electron chi connectivity index (χ3n) is 2.86. The molecule has 0 aliphatic carbocycles. The van der Waals surface area contributed by atoms with Gasteiger partial charge in [-0.05, 0) is 18.6 Å². The zero-order chi connectivity index (χ0) is 11.5. The molecule has 1 aromatic carbocycles. The summed E-state index contributed by atoms with van der Waals surface area (Å²) in [6, 6.07) is 7.02. The first-order chi connectivity index (χ1) is 7.75. The Labute approximate surface area is 95.7 Å². The molecule has 0 N–H and O–H groups in total. The van der Waals surface area contributed by atoms with Crippen LogP contribution in [0.3, 0.4) is 0 Å². The van der Waals surface area contributed by atoms with Gasteiger partial charge in [0.2, 0.25) is 0 Å². The van der Waals surface area contributed by atoms with Crippen molar-refractivity contribution in [3.63, 3.8) is 0 Å². The molecular formula is C12H14BNO2. The second-order valence-corrected chi connectivity index (χ2v) is 4.01. The van der Waals surface area contributed by atoms with Crippen LogP contribution in [0.1, 0.15) is 27.1 Å². The molecule has 0 radical (unpaired) electrons. The molecule has 82 valence electrons. The van der Waals surface area contributed by atoms with Gasteiger partial charge >= 0.3 is 0 Å². The molecule has 4 heteroatoms. The normalized spacial score (nSPS) is 14.2. The maximum atomic E-state index is 11.9. The fourth-order valence-electron chi connectivity index (χ4n) is 1.96. The molecule has 1 aromatic rings. The second kappa shape index (κ2) is 4.52. The van der Waals surface area contributed by atoms with Crippen molar-refractivity contribution >= 4 is 19.1 Å². The molecule has 0 atom stereocenters. The summed E-state index contributed by atoms with van der Waals surface area (Å²) >= 11 is 0. The number of hydrogen-bond acceptors (Lipinski definition) is 2. The predicted molar refractivity (Wildman–Crippen MR) is 64.2 cm³/mol. The molecule has 0 fully saturated rings. The van der Waals surface area contributed by atoms with Gasteiger partial charge < -0.3 is 0 Å². The van der Waals surface area contributed by atoms with E-state index in [1.165, 1.54) is 4.90 Å². The number of imide groups is 1. The molecule has 1 aliphatic rings. The van der Waals surface area contributed by atoms with Crippen LogP contribution < -0.4 is 0 Å². The molecule has 16 heavy (non-hydrogen) atoms. The van der Waals surface area contributed by atoms with E-state index in [9.17, 15) is 9.59 Å². The van der Waals surface area contributed by atoms with Crippen molar-refractivity contribution in [1.82, 2.24) is 4.90 Å². The monoisotopic (exact) mass is 215 g/mol. The van der Waals surface area contributed by atoms with Crippen LogP contribution >= 0.6 is 0 Å². The van der Waals surface area contributed by atoms with Gasteiger partial charge in [-0.2, -0.15) is 0 Å². The number of carbonyl (C=O) groups excluding carboxylic acids is 2. The third kappa shape index (κ3) is 1.75. The maximum Gasteiger partial charge on any atom is 0.261 e. The second-order valence-electron chi connectivity index (χ2n) is 4.01. The number of fused-ring (bicyclic) bond motifs is 1. The average molecular weight is 215 g/mol. The lowest BCUT2D eigenvalue weighted by molar-refractivity contribution is 0.0654. The molecule has 0 spiro atoms. The van der Waals surface area contributed by atoms with Crippen LogP contribution in [-0.4, -0.2) is 30.5 Å². The average Bonchev–Trinajstić information content (AvgIpc) is 2.55. The lowest BCUT2D eigenvalue weighted by Gasteiger charge is -2.12. The Bertz CT molecular complexity index is 396. The van der Waals surface area contributed by atoms with Crippen molar-refractivity contribution in [2.45, 2.75) is 19.6 Å². The summed E-state index contributed by atoms with van der Waals surface area (Å²) in [7, 11) is 1.09. The van der Waals surface area contributed by atoms with E-state index in [2.05, 4.69) is 6.82 Å². The van der Waals surface area contributed by atoms with Gasteiger partial charge in [0.15, 0.2) is 0 Å². The zero-order valence-electron chi connectivity index (χ0n) is 9.40. The van der Waals surface area contributed by atoms with Crippen molar-refractivity contribution in [3.8, 4) is 0 Å². The highest BCUT2D eigenvalue weighted by molar-refractivity contribution is 6.33. The summed E-state index contributed by atoms with van der Waals surface area (Å²) < 4.78 is 0. The maximum absolute atomic E-state index is 11.9. The SMILES string of the molecule is CBCCCN1C(=O)c2ccccc2C1=O. The van der Waals surface area contributed by atoms with Crippen molar-refractivity contribution in [1.29, 1.82) is 0 Å². The Hall–Kier alpha value is -1.58. The van der Waals surface area contributed by atoms with Gasteiger partial charge in [-0.25, -0.2) is 0 Å². The van der Waals surface area contributed by atoms with E-state index in [0.717, 1.165) is 20.0 Å². The highest BCUT2D eigenvalue weighted by Crippen LogP contribution is 2.22. The summed E-state index contributed by atoms with van der Waals surface area (Å²) in [6.45, 7) is 2.64. The first-order valence-electron chi connectivity index (χ1n) is 5.71. The van der Waals surface area contributed by atoms with E-state index in [1.807, 2.05) is 0 Å². The molecule has 0 bridgehead atoms. The van der Waals surface area contributed by atoms with Gasteiger partial charge in [0.1, 0.15) is 7.28 Å². The first-order valence-corrected chi connectivity index (χ1v) is 5.71. The molecule has 0 aromatic heterocycles. The number of nitrogens with zero attached hydrogens (tertiary/aromatic N) is 1. The number of rotatable bonds is 4. The molecule has 0 saturated heterocycles. The molecule has 1 aliphatic heterocycles. The number of hydrogen-bond donors (Lipinski definition) is 0. The van der Waals surface area contributed by atoms with E-state index < -0.39 is 0 Å². The van der Waals surface area contributed by atoms with E-state index in [4.69, 9.17) is 0 Å². The van der Waals surface area contributed by atoms with Crippen molar-refractivity contribution in [2.24, 2.45) is 0 Å². The van der Waals surface area contributed by atoms with Crippen LogP contribution in [0.5, 0.6) is 0 Å². The van der Waals surface area contributed by atoms with Gasteiger partial charge in [-0.3, -0.25) is 14.5 Å². The zero-order valence-corrected chi connectivity index (χ0v) is 9.40. The van der Waals surface area contributed by atoms with Gasteiger partial charge in [0, 0.05) is 6.54 Å². The van der Waals surface area contributed by atoms with Crippen LogP contribution in [0.4, 0.5) is 0 Å². The summed E-state index contributed by atoms with van der Waals surface area (Å²) in [4.78, 5) is 25.2. The largest absolute Gasteiger partial charge is 0.274 e. The Balaban J connectivity index is 2.15. The topological polar surface area (TPSA) is 37.4 Å². The van der Waals surface area contributed by atoms with E-state index >= 15 is 0 Å². The smallest absolute Gasteiger partial charge is 0.261 e. The van der Waals surface area contributed by atoms with Crippen molar-refractivity contribution in [3.05, 3.63) is 35.4 Å². The molecular weight excluding hydrogens is 201 g/mol. The summed E-state index contributed by atoms with van der Waals surface area (Å²) in [5, 5.41) is 0. The van der Waals surface area contributed by atoms with Crippen LogP contribution in [0.25, 0.3) is 0 Å². The Morgan fingerprint density at radius 1 is 1.12 bits per heavy atom. The number of carbonyl (C=O) groups is 2. The Morgan fingerprint density at radius 2 is 1.69 bits per heavy atom. The van der Waals surface area contributed by atoms with Crippen molar-refractivity contribution in [2.75, 3.05) is 6.54 Å². The van der Waals surface area contributed by atoms with Crippen LogP contribution in [-0.2, 0) is 0 Å². The fourth-order valence-corrected chi connectivity index (χ4v) is 1.96. The van der Waals surface area contributed by atoms with E-state index in [0.29, 0.717) is 17.7 Å². The van der Waals surface area contributed by atoms with E-state index in [1.54, 1.807) is 24.3 Å². The minimum absolute atomic E-state index is 0.142. The quantitative estimate of drug-likeness (QED) is 0.434. The molecule has 2 rings (SSSR count). The number of amides is 2. The molecule has 1 heterocycles.